The maximum absolute atomic E-state index is 12.5. The molecule has 0 aromatic rings. The number of carbonyl (C=O) groups is 1. The second-order valence-corrected chi connectivity index (χ2v) is 7.21. The monoisotopic (exact) mass is 317 g/mol. The van der Waals surface area contributed by atoms with Gasteiger partial charge in [-0.3, -0.25) is 4.79 Å². The zero-order chi connectivity index (χ0) is 15.0. The molecule has 0 bridgehead atoms. The average Bonchev–Trinajstić information content (AvgIpc) is 2.42. The molecule has 0 unspecified atom stereocenters. The van der Waals surface area contributed by atoms with Crippen molar-refractivity contribution in [2.75, 3.05) is 6.54 Å². The van der Waals surface area contributed by atoms with Gasteiger partial charge in [0.05, 0.1) is 0 Å². The molecular weight excluding hydrogens is 282 g/mol. The van der Waals surface area contributed by atoms with Crippen molar-refractivity contribution in [3.63, 3.8) is 0 Å². The van der Waals surface area contributed by atoms with Crippen LogP contribution in [0, 0.1) is 23.7 Å². The highest BCUT2D eigenvalue weighted by molar-refractivity contribution is 5.85. The standard InChI is InChI=1S/C18H35NO.ClH/c1-14(2)16-11-10-15(3)13-17(16)18(20)9-7-5-4-6-8-12-19;/h14-17H,4-13,19H2,1-3H3;1H/t15-,16+,17-;/m1./s1. The first-order valence-corrected chi connectivity index (χ1v) is 8.79. The average molecular weight is 318 g/mol. The summed E-state index contributed by atoms with van der Waals surface area (Å²) >= 11 is 0. The molecule has 0 spiro atoms. The summed E-state index contributed by atoms with van der Waals surface area (Å²) in [5.41, 5.74) is 5.49. The van der Waals surface area contributed by atoms with Gasteiger partial charge in [-0.05, 0) is 50.0 Å². The van der Waals surface area contributed by atoms with Crippen molar-refractivity contribution in [1.82, 2.24) is 0 Å². The van der Waals surface area contributed by atoms with Crippen LogP contribution < -0.4 is 5.73 Å². The lowest BCUT2D eigenvalue weighted by molar-refractivity contribution is -0.127. The number of hydrogen-bond acceptors (Lipinski definition) is 2. The Kier molecular flexibility index (Phi) is 11.4. The first kappa shape index (κ1) is 20.9. The van der Waals surface area contributed by atoms with Gasteiger partial charge in [0.2, 0.25) is 0 Å². The zero-order valence-electron chi connectivity index (χ0n) is 14.3. The van der Waals surface area contributed by atoms with Crippen molar-refractivity contribution in [2.45, 2.75) is 78.6 Å². The van der Waals surface area contributed by atoms with E-state index >= 15 is 0 Å². The third kappa shape index (κ3) is 7.65. The van der Waals surface area contributed by atoms with E-state index in [0.717, 1.165) is 38.1 Å². The maximum atomic E-state index is 12.5. The van der Waals surface area contributed by atoms with Gasteiger partial charge in [-0.1, -0.05) is 46.5 Å². The topological polar surface area (TPSA) is 43.1 Å². The number of nitrogens with two attached hydrogens (primary N) is 1. The third-order valence-corrected chi connectivity index (χ3v) is 5.06. The van der Waals surface area contributed by atoms with Crippen LogP contribution >= 0.6 is 12.4 Å². The van der Waals surface area contributed by atoms with Crippen LogP contribution in [0.15, 0.2) is 0 Å². The molecule has 1 saturated carbocycles. The van der Waals surface area contributed by atoms with Crippen molar-refractivity contribution in [1.29, 1.82) is 0 Å². The Hall–Kier alpha value is -0.0800. The molecule has 0 aliphatic heterocycles. The van der Waals surface area contributed by atoms with Crippen molar-refractivity contribution in [3.05, 3.63) is 0 Å². The predicted molar refractivity (Wildman–Crippen MR) is 93.8 cm³/mol. The summed E-state index contributed by atoms with van der Waals surface area (Å²) in [5, 5.41) is 0. The highest BCUT2D eigenvalue weighted by atomic mass is 35.5. The van der Waals surface area contributed by atoms with E-state index in [1.807, 2.05) is 0 Å². The summed E-state index contributed by atoms with van der Waals surface area (Å²) in [6.07, 6.45) is 10.4. The Morgan fingerprint density at radius 2 is 1.71 bits per heavy atom. The van der Waals surface area contributed by atoms with Gasteiger partial charge in [-0.15, -0.1) is 12.4 Å². The first-order chi connectivity index (χ1) is 9.56. The van der Waals surface area contributed by atoms with Crippen molar-refractivity contribution in [2.24, 2.45) is 29.4 Å². The van der Waals surface area contributed by atoms with Crippen molar-refractivity contribution in [3.8, 4) is 0 Å². The second kappa shape index (κ2) is 11.5. The van der Waals surface area contributed by atoms with Crippen LogP contribution in [0.5, 0.6) is 0 Å². The smallest absolute Gasteiger partial charge is 0.136 e. The molecule has 0 radical (unpaired) electrons. The van der Waals surface area contributed by atoms with Gasteiger partial charge in [-0.25, -0.2) is 0 Å². The van der Waals surface area contributed by atoms with E-state index < -0.39 is 0 Å². The highest BCUT2D eigenvalue weighted by Crippen LogP contribution is 2.39. The van der Waals surface area contributed by atoms with Gasteiger partial charge in [0.15, 0.2) is 0 Å². The predicted octanol–water partition coefficient (Wildman–Crippen LogP) is 4.99. The van der Waals surface area contributed by atoms with Crippen molar-refractivity contribution >= 4 is 18.2 Å². The Bertz CT molecular complexity index is 280. The maximum Gasteiger partial charge on any atom is 0.136 e. The van der Waals surface area contributed by atoms with Gasteiger partial charge < -0.3 is 5.73 Å². The first-order valence-electron chi connectivity index (χ1n) is 8.79. The van der Waals surface area contributed by atoms with E-state index in [-0.39, 0.29) is 12.4 Å². The molecule has 1 aliphatic rings. The van der Waals surface area contributed by atoms with Crippen LogP contribution in [0.1, 0.15) is 78.6 Å². The molecule has 0 saturated heterocycles. The third-order valence-electron chi connectivity index (χ3n) is 5.06. The number of unbranched alkanes of at least 4 members (excludes halogenated alkanes) is 4. The zero-order valence-corrected chi connectivity index (χ0v) is 15.1. The van der Waals surface area contributed by atoms with E-state index in [1.54, 1.807) is 0 Å². The Morgan fingerprint density at radius 1 is 1.10 bits per heavy atom. The summed E-state index contributed by atoms with van der Waals surface area (Å²) in [4.78, 5) is 12.5. The lowest BCUT2D eigenvalue weighted by Crippen LogP contribution is -2.33. The Morgan fingerprint density at radius 3 is 2.33 bits per heavy atom. The van der Waals surface area contributed by atoms with Gasteiger partial charge in [-0.2, -0.15) is 0 Å². The minimum absolute atomic E-state index is 0. The van der Waals surface area contributed by atoms with Gasteiger partial charge in [0.25, 0.3) is 0 Å². The van der Waals surface area contributed by atoms with E-state index in [4.69, 9.17) is 5.73 Å². The second-order valence-electron chi connectivity index (χ2n) is 7.21. The molecule has 0 amide bonds. The fourth-order valence-corrected chi connectivity index (χ4v) is 3.73. The molecule has 1 fully saturated rings. The molecule has 0 aromatic heterocycles. The normalized spacial score (nSPS) is 25.7. The van der Waals surface area contributed by atoms with E-state index in [0.29, 0.717) is 23.5 Å². The largest absolute Gasteiger partial charge is 0.330 e. The number of ketones is 1. The molecule has 3 heteroatoms. The molecule has 2 nitrogen and oxygen atoms in total. The lowest BCUT2D eigenvalue weighted by Gasteiger charge is -2.36. The minimum atomic E-state index is 0. The summed E-state index contributed by atoms with van der Waals surface area (Å²) < 4.78 is 0. The van der Waals surface area contributed by atoms with E-state index in [1.165, 1.54) is 32.1 Å². The quantitative estimate of drug-likeness (QED) is 0.609. The number of Topliss-reactive ketones (excluding diaryl/α,β-unsaturated/α-hetero) is 1. The van der Waals surface area contributed by atoms with Crippen LogP contribution in [0.3, 0.4) is 0 Å². The number of carbonyl (C=O) groups excluding carboxylic acids is 1. The van der Waals surface area contributed by atoms with Crippen LogP contribution in [-0.4, -0.2) is 12.3 Å². The fraction of sp³-hybridized carbons (Fsp3) is 0.944. The Labute approximate surface area is 138 Å². The van der Waals surface area contributed by atoms with Gasteiger partial charge in [0.1, 0.15) is 5.78 Å². The summed E-state index contributed by atoms with van der Waals surface area (Å²) in [5.74, 6) is 2.93. The minimum Gasteiger partial charge on any atom is -0.330 e. The molecule has 126 valence electrons. The number of hydrogen-bond donors (Lipinski definition) is 1. The van der Waals surface area contributed by atoms with Gasteiger partial charge >= 0.3 is 0 Å². The SMILES string of the molecule is CC(C)[C@@H]1CC[C@@H](C)C[C@H]1C(=O)CCCCCCCN.Cl. The van der Waals surface area contributed by atoms with E-state index in [9.17, 15) is 4.79 Å². The van der Waals surface area contributed by atoms with Crippen LogP contribution in [0.2, 0.25) is 0 Å². The van der Waals surface area contributed by atoms with Crippen molar-refractivity contribution < 1.29 is 4.79 Å². The van der Waals surface area contributed by atoms with E-state index in [2.05, 4.69) is 20.8 Å². The molecule has 21 heavy (non-hydrogen) atoms. The lowest BCUT2D eigenvalue weighted by atomic mass is 9.68. The Balaban J connectivity index is 0.00000400. The summed E-state index contributed by atoms with van der Waals surface area (Å²) in [6, 6.07) is 0. The number of rotatable bonds is 9. The molecule has 0 aromatic carbocycles. The molecule has 3 atom stereocenters. The molecule has 1 rings (SSSR count). The summed E-state index contributed by atoms with van der Waals surface area (Å²) in [6.45, 7) is 7.68. The highest BCUT2D eigenvalue weighted by Gasteiger charge is 2.34. The number of halogens is 1. The molecular formula is C18H36ClNO. The van der Waals surface area contributed by atoms with Crippen LogP contribution in [0.4, 0.5) is 0 Å². The molecule has 2 N–H and O–H groups in total. The van der Waals surface area contributed by atoms with Crippen LogP contribution in [0.25, 0.3) is 0 Å². The fourth-order valence-electron chi connectivity index (χ4n) is 3.73. The molecule has 1 aliphatic carbocycles. The van der Waals surface area contributed by atoms with Gasteiger partial charge in [0, 0.05) is 12.3 Å². The van der Waals surface area contributed by atoms with Crippen LogP contribution in [-0.2, 0) is 4.79 Å². The molecule has 0 heterocycles. The summed E-state index contributed by atoms with van der Waals surface area (Å²) in [7, 11) is 0.